The van der Waals surface area contributed by atoms with E-state index >= 15 is 0 Å². The molecule has 0 bridgehead atoms. The van der Waals surface area contributed by atoms with Crippen molar-refractivity contribution in [3.8, 4) is 0 Å². The molecule has 0 amide bonds. The van der Waals surface area contributed by atoms with Crippen molar-refractivity contribution in [3.63, 3.8) is 0 Å². The van der Waals surface area contributed by atoms with Crippen molar-refractivity contribution in [2.75, 3.05) is 13.7 Å². The molecule has 0 aromatic heterocycles. The highest BCUT2D eigenvalue weighted by Gasteiger charge is 1.97. The van der Waals surface area contributed by atoms with Gasteiger partial charge >= 0.3 is 0 Å². The Morgan fingerprint density at radius 2 is 2.12 bits per heavy atom. The van der Waals surface area contributed by atoms with E-state index in [1.807, 2.05) is 43.3 Å². The van der Waals surface area contributed by atoms with Crippen LogP contribution in [0.5, 0.6) is 0 Å². The van der Waals surface area contributed by atoms with Crippen LogP contribution in [-0.4, -0.2) is 18.8 Å². The van der Waals surface area contributed by atoms with Gasteiger partial charge in [0.25, 0.3) is 0 Å². The maximum absolute atomic E-state index is 8.97. The number of aliphatic hydroxyl groups is 1. The van der Waals surface area contributed by atoms with Crippen molar-refractivity contribution < 1.29 is 9.84 Å². The topological polar surface area (TPSA) is 29.5 Å². The summed E-state index contributed by atoms with van der Waals surface area (Å²) in [4.78, 5) is 0. The number of rotatable bonds is 4. The lowest BCUT2D eigenvalue weighted by Gasteiger charge is -2.03. The Labute approximate surface area is 104 Å². The van der Waals surface area contributed by atoms with E-state index < -0.39 is 0 Å². The van der Waals surface area contributed by atoms with Crippen LogP contribution in [0.4, 0.5) is 0 Å². The summed E-state index contributed by atoms with van der Waals surface area (Å²) >= 11 is 3.48. The van der Waals surface area contributed by atoms with Crippen LogP contribution >= 0.6 is 15.9 Å². The summed E-state index contributed by atoms with van der Waals surface area (Å²) in [5.74, 6) is 0.556. The fourth-order valence-corrected chi connectivity index (χ4v) is 1.70. The highest BCUT2D eigenvalue weighted by atomic mass is 79.9. The molecule has 0 unspecified atom stereocenters. The highest BCUT2D eigenvalue weighted by Crippen LogP contribution is 2.19. The molecule has 1 aromatic rings. The summed E-state index contributed by atoms with van der Waals surface area (Å²) in [7, 11) is 1.55. The molecule has 0 saturated heterocycles. The number of hydrogen-bond donors (Lipinski definition) is 1. The summed E-state index contributed by atoms with van der Waals surface area (Å²) in [6, 6.07) is 7.97. The molecular weight excluding hydrogens is 268 g/mol. The zero-order valence-corrected chi connectivity index (χ0v) is 11.0. The smallest absolute Gasteiger partial charge is 0.121 e. The van der Waals surface area contributed by atoms with Gasteiger partial charge < -0.3 is 9.84 Å². The van der Waals surface area contributed by atoms with Crippen molar-refractivity contribution in [3.05, 3.63) is 51.7 Å². The molecule has 0 aliphatic carbocycles. The van der Waals surface area contributed by atoms with Crippen molar-refractivity contribution >= 4 is 22.0 Å². The number of allylic oxidation sites excluding steroid dienone is 2. The normalized spacial score (nSPS) is 12.8. The minimum Gasteiger partial charge on any atom is -0.499 e. The maximum atomic E-state index is 8.97. The lowest BCUT2D eigenvalue weighted by molar-refractivity contribution is 0.207. The van der Waals surface area contributed by atoms with E-state index in [4.69, 9.17) is 9.84 Å². The molecule has 1 rings (SSSR count). The van der Waals surface area contributed by atoms with E-state index in [0.717, 1.165) is 15.6 Å². The second kappa shape index (κ2) is 6.51. The van der Waals surface area contributed by atoms with Gasteiger partial charge in [0, 0.05) is 4.47 Å². The number of aliphatic hydroxyl groups excluding tert-OH is 1. The molecule has 1 N–H and O–H groups in total. The van der Waals surface area contributed by atoms with Gasteiger partial charge in [-0.05, 0) is 30.2 Å². The summed E-state index contributed by atoms with van der Waals surface area (Å²) in [5.41, 5.74) is 2.13. The fourth-order valence-electron chi connectivity index (χ4n) is 1.30. The molecule has 2 nitrogen and oxygen atoms in total. The van der Waals surface area contributed by atoms with Gasteiger partial charge in [0.15, 0.2) is 0 Å². The molecule has 0 fully saturated rings. The first-order chi connectivity index (χ1) is 7.67. The number of benzene rings is 1. The third-order valence-electron chi connectivity index (χ3n) is 2.10. The number of halogens is 1. The van der Waals surface area contributed by atoms with Crippen LogP contribution in [0.25, 0.3) is 6.08 Å². The molecule has 1 aromatic carbocycles. The summed E-state index contributed by atoms with van der Waals surface area (Å²) in [6.07, 6.45) is 3.85. The van der Waals surface area contributed by atoms with Crippen LogP contribution < -0.4 is 0 Å². The SMILES string of the molecule is CO/C(=C\C(C)=C\c1ccccc1Br)CO. The minimum absolute atomic E-state index is 0.0857. The van der Waals surface area contributed by atoms with E-state index in [-0.39, 0.29) is 6.61 Å². The molecule has 0 aliphatic heterocycles. The number of methoxy groups -OCH3 is 1. The molecule has 86 valence electrons. The Kier molecular flexibility index (Phi) is 5.29. The maximum Gasteiger partial charge on any atom is 0.121 e. The monoisotopic (exact) mass is 282 g/mol. The summed E-state index contributed by atoms with van der Waals surface area (Å²) in [6.45, 7) is 1.88. The molecule has 0 heterocycles. The van der Waals surface area contributed by atoms with Crippen LogP contribution in [0.15, 0.2) is 46.1 Å². The predicted octanol–water partition coefficient (Wildman–Crippen LogP) is 3.38. The lowest BCUT2D eigenvalue weighted by Crippen LogP contribution is -1.92. The lowest BCUT2D eigenvalue weighted by atomic mass is 10.1. The molecular formula is C13H15BrO2. The average Bonchev–Trinajstić information content (AvgIpc) is 2.29. The fraction of sp³-hybridized carbons (Fsp3) is 0.231. The average molecular weight is 283 g/mol. The van der Waals surface area contributed by atoms with E-state index in [0.29, 0.717) is 5.76 Å². The largest absolute Gasteiger partial charge is 0.499 e. The first-order valence-electron chi connectivity index (χ1n) is 4.95. The predicted molar refractivity (Wildman–Crippen MR) is 70.0 cm³/mol. The van der Waals surface area contributed by atoms with Crippen LogP contribution in [0.2, 0.25) is 0 Å². The Hall–Kier alpha value is -1.06. The third-order valence-corrected chi connectivity index (χ3v) is 2.82. The zero-order valence-electron chi connectivity index (χ0n) is 9.40. The van der Waals surface area contributed by atoms with E-state index in [1.165, 1.54) is 0 Å². The third kappa shape index (κ3) is 3.83. The second-order valence-electron chi connectivity index (χ2n) is 3.38. The van der Waals surface area contributed by atoms with Gasteiger partial charge in [-0.1, -0.05) is 40.2 Å². The Morgan fingerprint density at radius 1 is 1.44 bits per heavy atom. The molecule has 0 atom stereocenters. The highest BCUT2D eigenvalue weighted by molar-refractivity contribution is 9.10. The van der Waals surface area contributed by atoms with Crippen LogP contribution in [0.1, 0.15) is 12.5 Å². The van der Waals surface area contributed by atoms with Gasteiger partial charge in [-0.25, -0.2) is 0 Å². The number of hydrogen-bond acceptors (Lipinski definition) is 2. The quantitative estimate of drug-likeness (QED) is 0.678. The van der Waals surface area contributed by atoms with E-state index in [2.05, 4.69) is 15.9 Å². The molecule has 3 heteroatoms. The van der Waals surface area contributed by atoms with Crippen LogP contribution in [0.3, 0.4) is 0 Å². The van der Waals surface area contributed by atoms with Crippen molar-refractivity contribution in [2.24, 2.45) is 0 Å². The molecule has 0 spiro atoms. The molecule has 0 radical (unpaired) electrons. The van der Waals surface area contributed by atoms with Crippen LogP contribution in [-0.2, 0) is 4.74 Å². The zero-order chi connectivity index (χ0) is 12.0. The van der Waals surface area contributed by atoms with Crippen molar-refractivity contribution in [2.45, 2.75) is 6.92 Å². The van der Waals surface area contributed by atoms with Gasteiger partial charge in [0.1, 0.15) is 12.4 Å². The molecule has 16 heavy (non-hydrogen) atoms. The van der Waals surface area contributed by atoms with Gasteiger partial charge in [-0.3, -0.25) is 0 Å². The standard InChI is InChI=1S/C13H15BrO2/c1-10(8-12(9-15)16-2)7-11-5-3-4-6-13(11)14/h3-8,15H,9H2,1-2H3/b10-7+,12-8-. The van der Waals surface area contributed by atoms with Crippen molar-refractivity contribution in [1.82, 2.24) is 0 Å². The van der Waals surface area contributed by atoms with E-state index in [1.54, 1.807) is 7.11 Å². The van der Waals surface area contributed by atoms with E-state index in [9.17, 15) is 0 Å². The first-order valence-corrected chi connectivity index (χ1v) is 5.75. The summed E-state index contributed by atoms with van der Waals surface area (Å²) in [5, 5.41) is 8.97. The van der Waals surface area contributed by atoms with Gasteiger partial charge in [-0.15, -0.1) is 0 Å². The minimum atomic E-state index is -0.0857. The van der Waals surface area contributed by atoms with Gasteiger partial charge in [-0.2, -0.15) is 0 Å². The van der Waals surface area contributed by atoms with Gasteiger partial charge in [0.05, 0.1) is 7.11 Å². The Morgan fingerprint density at radius 3 is 2.69 bits per heavy atom. The van der Waals surface area contributed by atoms with Gasteiger partial charge in [0.2, 0.25) is 0 Å². The summed E-state index contributed by atoms with van der Waals surface area (Å²) < 4.78 is 6.04. The second-order valence-corrected chi connectivity index (χ2v) is 4.24. The Bertz CT molecular complexity index is 402. The number of ether oxygens (including phenoxy) is 1. The Balaban J connectivity index is 2.93. The van der Waals surface area contributed by atoms with Crippen molar-refractivity contribution in [1.29, 1.82) is 0 Å². The molecule has 0 aliphatic rings. The molecule has 0 saturated carbocycles. The van der Waals surface area contributed by atoms with Crippen LogP contribution in [0, 0.1) is 0 Å². The first kappa shape index (κ1) is 13.0.